The van der Waals surface area contributed by atoms with Gasteiger partial charge in [0.25, 0.3) is 0 Å². The van der Waals surface area contributed by atoms with Crippen LogP contribution >= 0.6 is 0 Å². The number of benzene rings is 2. The summed E-state index contributed by atoms with van der Waals surface area (Å²) in [6.45, 7) is 1.45. The lowest BCUT2D eigenvalue weighted by molar-refractivity contribution is 0.712. The fourth-order valence-electron chi connectivity index (χ4n) is 2.59. The highest BCUT2D eigenvalue weighted by Crippen LogP contribution is 2.10. The van der Waals surface area contributed by atoms with Crippen molar-refractivity contribution in [2.24, 2.45) is 5.73 Å². The van der Waals surface area contributed by atoms with Crippen molar-refractivity contribution in [1.82, 2.24) is 9.55 Å². The van der Waals surface area contributed by atoms with Gasteiger partial charge in [0.1, 0.15) is 5.82 Å². The molecule has 3 heteroatoms. The summed E-state index contributed by atoms with van der Waals surface area (Å²) >= 11 is 0. The van der Waals surface area contributed by atoms with Gasteiger partial charge in [0.05, 0.1) is 0 Å². The minimum Gasteiger partial charge on any atom is -0.331 e. The minimum atomic E-state index is 0.591. The van der Waals surface area contributed by atoms with Gasteiger partial charge in [-0.15, -0.1) is 0 Å². The molecule has 0 spiro atoms. The first-order valence-electron chi connectivity index (χ1n) is 7.67. The van der Waals surface area contributed by atoms with E-state index < -0.39 is 0 Å². The van der Waals surface area contributed by atoms with E-state index in [0.717, 1.165) is 25.2 Å². The molecule has 112 valence electrons. The zero-order valence-electron chi connectivity index (χ0n) is 12.7. The maximum absolute atomic E-state index is 5.64. The number of imidazole rings is 1. The molecule has 0 bridgehead atoms. The molecule has 3 rings (SSSR count). The van der Waals surface area contributed by atoms with Crippen molar-refractivity contribution in [2.75, 3.05) is 0 Å². The smallest absolute Gasteiger partial charge is 0.109 e. The summed E-state index contributed by atoms with van der Waals surface area (Å²) in [5, 5.41) is 0. The predicted molar refractivity (Wildman–Crippen MR) is 89.5 cm³/mol. The first-order chi connectivity index (χ1) is 10.8. The molecule has 3 nitrogen and oxygen atoms in total. The maximum atomic E-state index is 5.64. The van der Waals surface area contributed by atoms with Crippen molar-refractivity contribution in [2.45, 2.75) is 25.9 Å². The molecule has 3 aromatic rings. The largest absolute Gasteiger partial charge is 0.331 e. The molecule has 0 saturated heterocycles. The highest BCUT2D eigenvalue weighted by molar-refractivity contribution is 5.23. The molecule has 0 aliphatic carbocycles. The summed E-state index contributed by atoms with van der Waals surface area (Å²) < 4.78 is 2.22. The molecule has 22 heavy (non-hydrogen) atoms. The van der Waals surface area contributed by atoms with Crippen molar-refractivity contribution in [3.8, 4) is 0 Å². The molecule has 0 fully saturated rings. The van der Waals surface area contributed by atoms with Crippen LogP contribution in [0.15, 0.2) is 67.0 Å². The van der Waals surface area contributed by atoms with Gasteiger partial charge in [-0.1, -0.05) is 54.6 Å². The number of nitrogens with zero attached hydrogens (tertiary/aromatic N) is 2. The van der Waals surface area contributed by atoms with E-state index in [4.69, 9.17) is 5.73 Å². The molecule has 0 saturated carbocycles. The Balaban J connectivity index is 1.66. The summed E-state index contributed by atoms with van der Waals surface area (Å²) in [4.78, 5) is 4.50. The van der Waals surface area contributed by atoms with Gasteiger partial charge in [-0.25, -0.2) is 4.98 Å². The second-order valence-electron chi connectivity index (χ2n) is 5.48. The monoisotopic (exact) mass is 291 g/mol. The van der Waals surface area contributed by atoms with Gasteiger partial charge in [0.15, 0.2) is 0 Å². The Hall–Kier alpha value is -2.39. The average Bonchev–Trinajstić information content (AvgIpc) is 3.02. The van der Waals surface area contributed by atoms with Gasteiger partial charge in [-0.2, -0.15) is 0 Å². The van der Waals surface area contributed by atoms with Crippen LogP contribution in [0, 0.1) is 0 Å². The van der Waals surface area contributed by atoms with E-state index in [0.29, 0.717) is 6.54 Å². The topological polar surface area (TPSA) is 43.8 Å². The van der Waals surface area contributed by atoms with Gasteiger partial charge in [-0.3, -0.25) is 0 Å². The molecular weight excluding hydrogens is 270 g/mol. The Morgan fingerprint density at radius 1 is 0.818 bits per heavy atom. The number of hydrogen-bond donors (Lipinski definition) is 1. The summed E-state index contributed by atoms with van der Waals surface area (Å²) in [7, 11) is 0. The normalized spacial score (nSPS) is 10.8. The van der Waals surface area contributed by atoms with Crippen LogP contribution in [0.4, 0.5) is 0 Å². The van der Waals surface area contributed by atoms with Gasteiger partial charge in [0, 0.05) is 31.9 Å². The molecule has 0 aliphatic heterocycles. The molecule has 1 heterocycles. The molecule has 2 N–H and O–H groups in total. The molecule has 0 radical (unpaired) electrons. The predicted octanol–water partition coefficient (Wildman–Crippen LogP) is 3.18. The Labute approximate surface area is 131 Å². The zero-order chi connectivity index (χ0) is 15.2. The van der Waals surface area contributed by atoms with Crippen LogP contribution < -0.4 is 5.73 Å². The SMILES string of the molecule is NCc1ccc(Cn2ccnc2CCc2ccccc2)cc1. The number of aromatic nitrogens is 2. The Bertz CT molecular complexity index is 699. The Morgan fingerprint density at radius 2 is 1.55 bits per heavy atom. The van der Waals surface area contributed by atoms with Crippen molar-refractivity contribution < 1.29 is 0 Å². The van der Waals surface area contributed by atoms with E-state index in [2.05, 4.69) is 70.3 Å². The van der Waals surface area contributed by atoms with Gasteiger partial charge in [0.2, 0.25) is 0 Å². The zero-order valence-corrected chi connectivity index (χ0v) is 12.7. The summed E-state index contributed by atoms with van der Waals surface area (Å²) in [5.41, 5.74) is 9.43. The third-order valence-corrected chi connectivity index (χ3v) is 3.89. The average molecular weight is 291 g/mol. The van der Waals surface area contributed by atoms with Crippen LogP contribution in [0.2, 0.25) is 0 Å². The minimum absolute atomic E-state index is 0.591. The van der Waals surface area contributed by atoms with Gasteiger partial charge in [-0.05, 0) is 23.1 Å². The van der Waals surface area contributed by atoms with E-state index >= 15 is 0 Å². The van der Waals surface area contributed by atoms with Crippen LogP contribution in [-0.4, -0.2) is 9.55 Å². The molecular formula is C19H21N3. The van der Waals surface area contributed by atoms with Crippen LogP contribution in [0.5, 0.6) is 0 Å². The van der Waals surface area contributed by atoms with E-state index in [1.165, 1.54) is 16.7 Å². The van der Waals surface area contributed by atoms with Crippen molar-refractivity contribution in [3.05, 3.63) is 89.5 Å². The first kappa shape index (κ1) is 14.5. The van der Waals surface area contributed by atoms with E-state index in [9.17, 15) is 0 Å². The molecule has 0 unspecified atom stereocenters. The number of hydrogen-bond acceptors (Lipinski definition) is 2. The van der Waals surface area contributed by atoms with Crippen molar-refractivity contribution >= 4 is 0 Å². The molecule has 0 atom stereocenters. The molecule has 1 aromatic heterocycles. The van der Waals surface area contributed by atoms with E-state index in [1.54, 1.807) is 0 Å². The van der Waals surface area contributed by atoms with E-state index in [-0.39, 0.29) is 0 Å². The molecule has 0 aliphatic rings. The summed E-state index contributed by atoms with van der Waals surface area (Å²) in [6.07, 6.45) is 5.91. The Kier molecular flexibility index (Phi) is 4.66. The second-order valence-corrected chi connectivity index (χ2v) is 5.48. The molecule has 0 amide bonds. The third-order valence-electron chi connectivity index (χ3n) is 3.89. The van der Waals surface area contributed by atoms with E-state index in [1.807, 2.05) is 6.20 Å². The maximum Gasteiger partial charge on any atom is 0.109 e. The summed E-state index contributed by atoms with van der Waals surface area (Å²) in [6, 6.07) is 19.0. The highest BCUT2D eigenvalue weighted by Gasteiger charge is 2.04. The lowest BCUT2D eigenvalue weighted by atomic mass is 10.1. The standard InChI is InChI=1S/C19H21N3/c20-14-17-6-8-18(9-7-17)15-22-13-12-21-19(22)11-10-16-4-2-1-3-5-16/h1-9,12-13H,10-11,14-15,20H2. The first-order valence-corrected chi connectivity index (χ1v) is 7.67. The fraction of sp³-hybridized carbons (Fsp3) is 0.211. The molecule has 2 aromatic carbocycles. The van der Waals surface area contributed by atoms with Crippen LogP contribution in [-0.2, 0) is 25.9 Å². The van der Waals surface area contributed by atoms with Crippen LogP contribution in [0.3, 0.4) is 0 Å². The second kappa shape index (κ2) is 7.05. The lowest BCUT2D eigenvalue weighted by Gasteiger charge is -2.09. The number of nitrogens with two attached hydrogens (primary N) is 1. The fourth-order valence-corrected chi connectivity index (χ4v) is 2.59. The lowest BCUT2D eigenvalue weighted by Crippen LogP contribution is -2.06. The Morgan fingerprint density at radius 3 is 2.27 bits per heavy atom. The van der Waals surface area contributed by atoms with Gasteiger partial charge >= 0.3 is 0 Å². The quantitative estimate of drug-likeness (QED) is 0.758. The van der Waals surface area contributed by atoms with Crippen molar-refractivity contribution in [3.63, 3.8) is 0 Å². The highest BCUT2D eigenvalue weighted by atomic mass is 15.1. The number of aryl methyl sites for hydroxylation is 2. The van der Waals surface area contributed by atoms with Crippen molar-refractivity contribution in [1.29, 1.82) is 0 Å². The summed E-state index contributed by atoms with van der Waals surface area (Å²) in [5.74, 6) is 1.13. The van der Waals surface area contributed by atoms with Crippen LogP contribution in [0.25, 0.3) is 0 Å². The van der Waals surface area contributed by atoms with Crippen LogP contribution in [0.1, 0.15) is 22.5 Å². The number of rotatable bonds is 6. The third kappa shape index (κ3) is 3.62. The van der Waals surface area contributed by atoms with Gasteiger partial charge < -0.3 is 10.3 Å².